The molecule has 2 N–H and O–H groups in total. The molecule has 29 heavy (non-hydrogen) atoms. The summed E-state index contributed by atoms with van der Waals surface area (Å²) in [6.45, 7) is 1.21. The van der Waals surface area contributed by atoms with Crippen LogP contribution >= 0.6 is 0 Å². The molecule has 1 heterocycles. The van der Waals surface area contributed by atoms with Crippen LogP contribution in [0, 0.1) is 5.82 Å². The SMILES string of the molecule is CC(=O)Nc1cc(NC(=O)c2ccc(-c3cccc(C(F)(F)F)c3)o2)ccc1F. The first kappa shape index (κ1) is 20.1. The van der Waals surface area contributed by atoms with Gasteiger partial charge in [-0.05, 0) is 42.5 Å². The monoisotopic (exact) mass is 406 g/mol. The second-order valence-electron chi connectivity index (χ2n) is 6.07. The molecule has 3 aromatic rings. The van der Waals surface area contributed by atoms with Crippen LogP contribution in [-0.4, -0.2) is 11.8 Å². The highest BCUT2D eigenvalue weighted by Gasteiger charge is 2.30. The fourth-order valence-electron chi connectivity index (χ4n) is 2.55. The summed E-state index contributed by atoms with van der Waals surface area (Å²) < 4.78 is 57.6. The lowest BCUT2D eigenvalue weighted by Crippen LogP contribution is -2.12. The van der Waals surface area contributed by atoms with Crippen molar-refractivity contribution >= 4 is 23.2 Å². The highest BCUT2D eigenvalue weighted by molar-refractivity contribution is 6.03. The van der Waals surface area contributed by atoms with Crippen molar-refractivity contribution in [2.45, 2.75) is 13.1 Å². The number of halogens is 4. The predicted octanol–water partition coefficient (Wildman–Crippen LogP) is 5.32. The first-order valence-electron chi connectivity index (χ1n) is 8.29. The van der Waals surface area contributed by atoms with Crippen LogP contribution in [0.3, 0.4) is 0 Å². The molecule has 0 aliphatic rings. The Bertz CT molecular complexity index is 1070. The maximum Gasteiger partial charge on any atom is 0.416 e. The predicted molar refractivity (Wildman–Crippen MR) is 97.8 cm³/mol. The van der Waals surface area contributed by atoms with Crippen molar-refractivity contribution in [2.75, 3.05) is 10.6 Å². The molecule has 0 unspecified atom stereocenters. The Hall–Kier alpha value is -3.62. The van der Waals surface area contributed by atoms with Gasteiger partial charge >= 0.3 is 6.18 Å². The van der Waals surface area contributed by atoms with Gasteiger partial charge in [-0.2, -0.15) is 13.2 Å². The van der Waals surface area contributed by atoms with Gasteiger partial charge in [-0.1, -0.05) is 12.1 Å². The molecule has 9 heteroatoms. The van der Waals surface area contributed by atoms with Gasteiger partial charge < -0.3 is 15.1 Å². The van der Waals surface area contributed by atoms with Crippen molar-refractivity contribution < 1.29 is 31.6 Å². The van der Waals surface area contributed by atoms with Crippen LogP contribution < -0.4 is 10.6 Å². The summed E-state index contributed by atoms with van der Waals surface area (Å²) >= 11 is 0. The fraction of sp³-hybridized carbons (Fsp3) is 0.100. The number of nitrogens with one attached hydrogen (secondary N) is 2. The molecule has 0 aliphatic heterocycles. The van der Waals surface area contributed by atoms with Crippen LogP contribution in [0.1, 0.15) is 23.0 Å². The normalized spacial score (nSPS) is 11.2. The van der Waals surface area contributed by atoms with Gasteiger partial charge in [0.15, 0.2) is 5.76 Å². The van der Waals surface area contributed by atoms with E-state index in [1.165, 1.54) is 43.3 Å². The van der Waals surface area contributed by atoms with Gasteiger partial charge in [-0.25, -0.2) is 4.39 Å². The summed E-state index contributed by atoms with van der Waals surface area (Å²) in [5.41, 5.74) is -0.598. The van der Waals surface area contributed by atoms with Gasteiger partial charge in [0.25, 0.3) is 5.91 Å². The summed E-state index contributed by atoms with van der Waals surface area (Å²) in [6.07, 6.45) is -4.50. The van der Waals surface area contributed by atoms with E-state index in [9.17, 15) is 27.2 Å². The average Bonchev–Trinajstić information content (AvgIpc) is 3.14. The number of carbonyl (C=O) groups excluding carboxylic acids is 2. The smallest absolute Gasteiger partial charge is 0.416 e. The third-order valence-electron chi connectivity index (χ3n) is 3.84. The lowest BCUT2D eigenvalue weighted by Gasteiger charge is -2.08. The van der Waals surface area contributed by atoms with Crippen molar-refractivity contribution in [3.8, 4) is 11.3 Å². The summed E-state index contributed by atoms with van der Waals surface area (Å²) in [5.74, 6) is -1.92. The van der Waals surface area contributed by atoms with Crippen LogP contribution in [0.2, 0.25) is 0 Å². The lowest BCUT2D eigenvalue weighted by atomic mass is 10.1. The summed E-state index contributed by atoms with van der Waals surface area (Å²) in [5, 5.41) is 4.76. The zero-order chi connectivity index (χ0) is 21.2. The van der Waals surface area contributed by atoms with E-state index in [1.54, 1.807) is 0 Å². The number of hydrogen-bond donors (Lipinski definition) is 2. The second-order valence-corrected chi connectivity index (χ2v) is 6.07. The van der Waals surface area contributed by atoms with Crippen LogP contribution in [0.4, 0.5) is 28.9 Å². The van der Waals surface area contributed by atoms with Gasteiger partial charge in [-0.3, -0.25) is 9.59 Å². The average molecular weight is 406 g/mol. The molecular formula is C20H14F4N2O3. The molecule has 2 aromatic carbocycles. The minimum absolute atomic E-state index is 0.0827. The quantitative estimate of drug-likeness (QED) is 0.577. The molecule has 3 rings (SSSR count). The van der Waals surface area contributed by atoms with Crippen LogP contribution in [-0.2, 0) is 11.0 Å². The van der Waals surface area contributed by atoms with E-state index < -0.39 is 29.4 Å². The van der Waals surface area contributed by atoms with Crippen molar-refractivity contribution in [1.29, 1.82) is 0 Å². The van der Waals surface area contributed by atoms with Crippen LogP contribution in [0.15, 0.2) is 59.0 Å². The first-order chi connectivity index (χ1) is 13.6. The molecule has 5 nitrogen and oxygen atoms in total. The number of rotatable bonds is 4. The van der Waals surface area contributed by atoms with Crippen molar-refractivity contribution in [3.05, 3.63) is 71.7 Å². The number of carbonyl (C=O) groups is 2. The number of amides is 2. The van der Waals surface area contributed by atoms with Crippen LogP contribution in [0.5, 0.6) is 0 Å². The Labute approximate surface area is 162 Å². The molecule has 0 aliphatic carbocycles. The third-order valence-corrected chi connectivity index (χ3v) is 3.84. The molecule has 150 valence electrons. The minimum Gasteiger partial charge on any atom is -0.451 e. The van der Waals surface area contributed by atoms with Gasteiger partial charge in [0.05, 0.1) is 11.3 Å². The Balaban J connectivity index is 1.79. The highest BCUT2D eigenvalue weighted by Crippen LogP contribution is 2.32. The topological polar surface area (TPSA) is 71.3 Å². The van der Waals surface area contributed by atoms with Crippen molar-refractivity contribution in [3.63, 3.8) is 0 Å². The van der Waals surface area contributed by atoms with Gasteiger partial charge in [0.2, 0.25) is 5.91 Å². The second kappa shape index (κ2) is 7.78. The Kier molecular flexibility index (Phi) is 5.40. The highest BCUT2D eigenvalue weighted by atomic mass is 19.4. The fourth-order valence-corrected chi connectivity index (χ4v) is 2.55. The van der Waals surface area contributed by atoms with Gasteiger partial charge in [0.1, 0.15) is 11.6 Å². The van der Waals surface area contributed by atoms with E-state index in [2.05, 4.69) is 10.6 Å². The molecular weight excluding hydrogens is 392 g/mol. The number of hydrogen-bond acceptors (Lipinski definition) is 3. The largest absolute Gasteiger partial charge is 0.451 e. The molecule has 0 atom stereocenters. The maximum atomic E-state index is 13.7. The van der Waals surface area contributed by atoms with Crippen molar-refractivity contribution in [2.24, 2.45) is 0 Å². The minimum atomic E-state index is -4.50. The molecule has 0 bridgehead atoms. The lowest BCUT2D eigenvalue weighted by molar-refractivity contribution is -0.137. The number of anilines is 2. The van der Waals surface area contributed by atoms with E-state index in [0.29, 0.717) is 0 Å². The van der Waals surface area contributed by atoms with E-state index in [4.69, 9.17) is 4.42 Å². The number of alkyl halides is 3. The standard InChI is InChI=1S/C20H14F4N2O3/c1-11(27)25-16-10-14(5-6-15(16)21)26-19(28)18-8-7-17(29-18)12-3-2-4-13(9-12)20(22,23)24/h2-10H,1H3,(H,25,27)(H,26,28). The van der Waals surface area contributed by atoms with E-state index >= 15 is 0 Å². The van der Waals surface area contributed by atoms with Gasteiger partial charge in [0, 0.05) is 18.2 Å². The Morgan fingerprint density at radius 1 is 0.966 bits per heavy atom. The van der Waals surface area contributed by atoms with Crippen molar-refractivity contribution in [1.82, 2.24) is 0 Å². The zero-order valence-corrected chi connectivity index (χ0v) is 14.9. The summed E-state index contributed by atoms with van der Waals surface area (Å²) in [7, 11) is 0. The number of benzene rings is 2. The maximum absolute atomic E-state index is 13.7. The van der Waals surface area contributed by atoms with E-state index in [0.717, 1.165) is 18.2 Å². The Morgan fingerprint density at radius 3 is 2.41 bits per heavy atom. The molecule has 0 radical (unpaired) electrons. The Morgan fingerprint density at radius 2 is 1.72 bits per heavy atom. The number of furan rings is 1. The van der Waals surface area contributed by atoms with E-state index in [-0.39, 0.29) is 28.5 Å². The molecule has 0 fully saturated rings. The molecule has 0 saturated carbocycles. The molecule has 0 spiro atoms. The first-order valence-corrected chi connectivity index (χ1v) is 8.29. The third kappa shape index (κ3) is 4.81. The van der Waals surface area contributed by atoms with Gasteiger partial charge in [-0.15, -0.1) is 0 Å². The molecule has 2 amide bonds. The summed E-state index contributed by atoms with van der Waals surface area (Å²) in [4.78, 5) is 23.4. The van der Waals surface area contributed by atoms with E-state index in [1.807, 2.05) is 0 Å². The molecule has 1 aromatic heterocycles. The molecule has 0 saturated heterocycles. The zero-order valence-electron chi connectivity index (χ0n) is 14.9. The van der Waals surface area contributed by atoms with Crippen LogP contribution in [0.25, 0.3) is 11.3 Å². The summed E-state index contributed by atoms with van der Waals surface area (Å²) in [6, 6.07) is 10.8.